The monoisotopic (exact) mass is 314 g/mol. The minimum Gasteiger partial charge on any atom is -0.206 e. The first-order valence-electron chi connectivity index (χ1n) is 5.36. The molecular weight excluding hydrogens is 303 g/mol. The smallest absolute Gasteiger partial charge is 0.150 e. The molecular formula is C12H12BrFN2S. The van der Waals surface area contributed by atoms with Crippen LogP contribution in [0, 0.1) is 12.7 Å². The number of hydrogen-bond donors (Lipinski definition) is 0. The molecule has 0 saturated heterocycles. The Bertz CT molecular complexity index is 527. The van der Waals surface area contributed by atoms with Crippen LogP contribution in [0.15, 0.2) is 18.2 Å². The van der Waals surface area contributed by atoms with Gasteiger partial charge in [0.1, 0.15) is 10.8 Å². The van der Waals surface area contributed by atoms with Gasteiger partial charge in [-0.15, -0.1) is 10.2 Å². The van der Waals surface area contributed by atoms with E-state index < -0.39 is 0 Å². The summed E-state index contributed by atoms with van der Waals surface area (Å²) in [4.78, 5) is 0.196. The molecule has 90 valence electrons. The fourth-order valence-electron chi connectivity index (χ4n) is 1.46. The zero-order chi connectivity index (χ0) is 12.4. The van der Waals surface area contributed by atoms with Crippen molar-refractivity contribution in [3.8, 4) is 10.6 Å². The van der Waals surface area contributed by atoms with Gasteiger partial charge in [0.15, 0.2) is 5.01 Å². The predicted molar refractivity (Wildman–Crippen MR) is 72.0 cm³/mol. The van der Waals surface area contributed by atoms with E-state index in [2.05, 4.69) is 33.1 Å². The van der Waals surface area contributed by atoms with E-state index in [-0.39, 0.29) is 10.6 Å². The lowest BCUT2D eigenvalue weighted by Gasteiger charge is -2.01. The van der Waals surface area contributed by atoms with Gasteiger partial charge in [-0.3, -0.25) is 0 Å². The fourth-order valence-corrected chi connectivity index (χ4v) is 2.75. The number of aryl methyl sites for hydroxylation is 1. The third-order valence-electron chi connectivity index (χ3n) is 2.49. The van der Waals surface area contributed by atoms with Gasteiger partial charge in [-0.1, -0.05) is 46.3 Å². The first kappa shape index (κ1) is 12.6. The van der Waals surface area contributed by atoms with Crippen molar-refractivity contribution < 1.29 is 4.39 Å². The molecule has 0 radical (unpaired) electrons. The Morgan fingerprint density at radius 1 is 1.41 bits per heavy atom. The highest BCUT2D eigenvalue weighted by molar-refractivity contribution is 9.09. The van der Waals surface area contributed by atoms with Crippen molar-refractivity contribution in [2.24, 2.45) is 0 Å². The van der Waals surface area contributed by atoms with Crippen molar-refractivity contribution in [1.29, 1.82) is 0 Å². The fraction of sp³-hybridized carbons (Fsp3) is 0.333. The van der Waals surface area contributed by atoms with Crippen molar-refractivity contribution >= 4 is 27.3 Å². The standard InChI is InChI=1S/C12H12BrFN2S/c1-3-9(13)12-16-15-11(17-12)8-6-4-5-7(2)10(8)14/h4-6,9H,3H2,1-2H3. The van der Waals surface area contributed by atoms with Gasteiger partial charge in [0.2, 0.25) is 0 Å². The maximum atomic E-state index is 13.9. The first-order valence-corrected chi connectivity index (χ1v) is 7.09. The maximum absolute atomic E-state index is 13.9. The molecule has 1 heterocycles. The zero-order valence-electron chi connectivity index (χ0n) is 9.58. The number of aromatic nitrogens is 2. The Kier molecular flexibility index (Phi) is 3.89. The average Bonchev–Trinajstić information content (AvgIpc) is 2.81. The molecule has 17 heavy (non-hydrogen) atoms. The van der Waals surface area contributed by atoms with E-state index in [4.69, 9.17) is 0 Å². The topological polar surface area (TPSA) is 25.8 Å². The zero-order valence-corrected chi connectivity index (χ0v) is 12.0. The van der Waals surface area contributed by atoms with Crippen molar-refractivity contribution in [3.63, 3.8) is 0 Å². The van der Waals surface area contributed by atoms with Crippen LogP contribution in [0.3, 0.4) is 0 Å². The summed E-state index contributed by atoms with van der Waals surface area (Å²) in [5.74, 6) is -0.210. The third-order valence-corrected chi connectivity index (χ3v) is 4.94. The predicted octanol–water partition coefficient (Wildman–Crippen LogP) is 4.50. The number of hydrogen-bond acceptors (Lipinski definition) is 3. The minimum absolute atomic E-state index is 0.196. The Hall–Kier alpha value is -0.810. The van der Waals surface area contributed by atoms with E-state index in [0.29, 0.717) is 16.1 Å². The molecule has 2 aromatic rings. The molecule has 0 aliphatic heterocycles. The van der Waals surface area contributed by atoms with Gasteiger partial charge >= 0.3 is 0 Å². The van der Waals surface area contributed by atoms with Gasteiger partial charge in [-0.25, -0.2) is 4.39 Å². The number of alkyl halides is 1. The van der Waals surface area contributed by atoms with Gasteiger partial charge < -0.3 is 0 Å². The molecule has 2 nitrogen and oxygen atoms in total. The lowest BCUT2D eigenvalue weighted by molar-refractivity contribution is 0.621. The first-order chi connectivity index (χ1) is 8.13. The number of nitrogens with zero attached hydrogens (tertiary/aromatic N) is 2. The summed E-state index contributed by atoms with van der Waals surface area (Å²) in [5, 5.41) is 9.68. The molecule has 2 rings (SSSR count). The Balaban J connectivity index is 2.40. The quantitative estimate of drug-likeness (QED) is 0.780. The van der Waals surface area contributed by atoms with E-state index in [1.54, 1.807) is 19.1 Å². The van der Waals surface area contributed by atoms with E-state index in [1.807, 2.05) is 6.07 Å². The summed E-state index contributed by atoms with van der Waals surface area (Å²) in [6.45, 7) is 3.81. The normalized spacial score (nSPS) is 12.7. The Morgan fingerprint density at radius 2 is 2.18 bits per heavy atom. The van der Waals surface area contributed by atoms with E-state index in [0.717, 1.165) is 11.4 Å². The second-order valence-corrected chi connectivity index (χ2v) is 5.87. The lowest BCUT2D eigenvalue weighted by atomic mass is 10.1. The van der Waals surface area contributed by atoms with Gasteiger partial charge in [-0.2, -0.15) is 0 Å². The second-order valence-electron chi connectivity index (χ2n) is 3.76. The van der Waals surface area contributed by atoms with Crippen molar-refractivity contribution in [3.05, 3.63) is 34.6 Å². The number of benzene rings is 1. The van der Waals surface area contributed by atoms with Crippen LogP contribution in [0.25, 0.3) is 10.6 Å². The molecule has 0 amide bonds. The highest BCUT2D eigenvalue weighted by Gasteiger charge is 2.15. The van der Waals surface area contributed by atoms with Crippen LogP contribution in [0.2, 0.25) is 0 Å². The molecule has 0 bridgehead atoms. The van der Waals surface area contributed by atoms with Crippen LogP contribution in [0.1, 0.15) is 28.7 Å². The van der Waals surface area contributed by atoms with Gasteiger partial charge in [0, 0.05) is 5.56 Å². The molecule has 0 fully saturated rings. The summed E-state index contributed by atoms with van der Waals surface area (Å²) in [7, 11) is 0. The molecule has 1 aromatic heterocycles. The SMILES string of the molecule is CCC(Br)c1nnc(-c2cccc(C)c2F)s1. The molecule has 0 spiro atoms. The van der Waals surface area contributed by atoms with Crippen molar-refractivity contribution in [1.82, 2.24) is 10.2 Å². The molecule has 1 unspecified atom stereocenters. The summed E-state index contributed by atoms with van der Waals surface area (Å²) in [6.07, 6.45) is 0.935. The van der Waals surface area contributed by atoms with Crippen molar-refractivity contribution in [2.45, 2.75) is 25.1 Å². The molecule has 0 saturated carbocycles. The van der Waals surface area contributed by atoms with Crippen LogP contribution in [0.5, 0.6) is 0 Å². The molecule has 0 N–H and O–H groups in total. The maximum Gasteiger partial charge on any atom is 0.150 e. The summed E-state index contributed by atoms with van der Waals surface area (Å²) >= 11 is 4.95. The van der Waals surface area contributed by atoms with Crippen LogP contribution in [-0.4, -0.2) is 10.2 Å². The number of rotatable bonds is 3. The average molecular weight is 315 g/mol. The highest BCUT2D eigenvalue weighted by atomic mass is 79.9. The minimum atomic E-state index is -0.210. The largest absolute Gasteiger partial charge is 0.206 e. The second kappa shape index (κ2) is 5.23. The van der Waals surface area contributed by atoms with Crippen LogP contribution < -0.4 is 0 Å². The van der Waals surface area contributed by atoms with E-state index in [9.17, 15) is 4.39 Å². The number of halogens is 2. The summed E-state index contributed by atoms with van der Waals surface area (Å²) in [6, 6.07) is 5.32. The molecule has 0 aliphatic carbocycles. The van der Waals surface area contributed by atoms with Crippen molar-refractivity contribution in [2.75, 3.05) is 0 Å². The summed E-state index contributed by atoms with van der Waals surface area (Å²) in [5.41, 5.74) is 1.16. The van der Waals surface area contributed by atoms with Gasteiger partial charge in [0.25, 0.3) is 0 Å². The summed E-state index contributed by atoms with van der Waals surface area (Å²) < 4.78 is 13.9. The highest BCUT2D eigenvalue weighted by Crippen LogP contribution is 2.33. The van der Waals surface area contributed by atoms with Gasteiger partial charge in [-0.05, 0) is 25.0 Å². The molecule has 1 aromatic carbocycles. The molecule has 1 atom stereocenters. The van der Waals surface area contributed by atoms with Crippen LogP contribution in [0.4, 0.5) is 4.39 Å². The lowest BCUT2D eigenvalue weighted by Crippen LogP contribution is -1.87. The van der Waals surface area contributed by atoms with Crippen LogP contribution in [-0.2, 0) is 0 Å². The molecule has 0 aliphatic rings. The Labute approximate surface area is 112 Å². The Morgan fingerprint density at radius 3 is 2.88 bits per heavy atom. The molecule has 5 heteroatoms. The van der Waals surface area contributed by atoms with E-state index >= 15 is 0 Å². The third kappa shape index (κ3) is 2.55. The van der Waals surface area contributed by atoms with Gasteiger partial charge in [0.05, 0.1) is 4.83 Å². The van der Waals surface area contributed by atoms with Crippen LogP contribution >= 0.6 is 27.3 Å². The van der Waals surface area contributed by atoms with E-state index in [1.165, 1.54) is 11.3 Å².